The number of imidazole rings is 1. The van der Waals surface area contributed by atoms with Crippen molar-refractivity contribution in [2.45, 2.75) is 0 Å². The van der Waals surface area contributed by atoms with Gasteiger partial charge in [-0.1, -0.05) is 12.1 Å². The Hall–Kier alpha value is -2.49. The molecule has 17 heavy (non-hydrogen) atoms. The van der Waals surface area contributed by atoms with Crippen molar-refractivity contribution in [3.8, 4) is 11.5 Å². The maximum Gasteiger partial charge on any atom is 0.170 e. The molecule has 3 rings (SSSR count). The molecule has 0 aromatic carbocycles. The standard InChI is InChI=1S/C13H9N3O/c17-9-11-12-6-2-4-8-16(12)13(15-11)10-5-1-3-7-14-10/h1-9H. The number of carbonyl (C=O) groups is 1. The molecule has 0 aliphatic heterocycles. The first kappa shape index (κ1) is 9.72. The van der Waals surface area contributed by atoms with E-state index in [-0.39, 0.29) is 0 Å². The highest BCUT2D eigenvalue weighted by Gasteiger charge is 2.11. The van der Waals surface area contributed by atoms with Gasteiger partial charge in [-0.2, -0.15) is 0 Å². The first-order valence-electron chi connectivity index (χ1n) is 5.24. The average molecular weight is 223 g/mol. The van der Waals surface area contributed by atoms with Gasteiger partial charge < -0.3 is 0 Å². The molecule has 3 aromatic heterocycles. The van der Waals surface area contributed by atoms with Crippen LogP contribution in [0.5, 0.6) is 0 Å². The van der Waals surface area contributed by atoms with Crippen LogP contribution < -0.4 is 0 Å². The van der Waals surface area contributed by atoms with E-state index < -0.39 is 0 Å². The summed E-state index contributed by atoms with van der Waals surface area (Å²) in [6.45, 7) is 0. The highest BCUT2D eigenvalue weighted by molar-refractivity contribution is 5.85. The molecular weight excluding hydrogens is 214 g/mol. The number of aromatic nitrogens is 3. The monoisotopic (exact) mass is 223 g/mol. The van der Waals surface area contributed by atoms with Gasteiger partial charge in [0.05, 0.1) is 5.52 Å². The van der Waals surface area contributed by atoms with E-state index in [1.807, 2.05) is 47.0 Å². The summed E-state index contributed by atoms with van der Waals surface area (Å²) < 4.78 is 1.87. The predicted molar refractivity (Wildman–Crippen MR) is 63.8 cm³/mol. The van der Waals surface area contributed by atoms with Gasteiger partial charge in [0, 0.05) is 12.4 Å². The summed E-state index contributed by atoms with van der Waals surface area (Å²) in [4.78, 5) is 19.5. The zero-order chi connectivity index (χ0) is 11.7. The molecule has 0 aliphatic rings. The van der Waals surface area contributed by atoms with E-state index >= 15 is 0 Å². The van der Waals surface area contributed by atoms with Gasteiger partial charge in [-0.15, -0.1) is 0 Å². The van der Waals surface area contributed by atoms with Gasteiger partial charge in [0.25, 0.3) is 0 Å². The Bertz CT molecular complexity index is 673. The zero-order valence-corrected chi connectivity index (χ0v) is 8.95. The second-order valence-electron chi connectivity index (χ2n) is 3.61. The van der Waals surface area contributed by atoms with E-state index in [2.05, 4.69) is 9.97 Å². The number of fused-ring (bicyclic) bond motifs is 1. The summed E-state index contributed by atoms with van der Waals surface area (Å²) in [6.07, 6.45) is 4.35. The highest BCUT2D eigenvalue weighted by atomic mass is 16.1. The van der Waals surface area contributed by atoms with Crippen LogP contribution in [0.15, 0.2) is 48.8 Å². The quantitative estimate of drug-likeness (QED) is 0.626. The predicted octanol–water partition coefficient (Wildman–Crippen LogP) is 2.21. The minimum Gasteiger partial charge on any atom is -0.298 e. The van der Waals surface area contributed by atoms with Gasteiger partial charge in [-0.3, -0.25) is 14.2 Å². The van der Waals surface area contributed by atoms with Crippen LogP contribution in [-0.4, -0.2) is 20.7 Å². The fourth-order valence-electron chi connectivity index (χ4n) is 1.82. The van der Waals surface area contributed by atoms with Crippen LogP contribution in [-0.2, 0) is 0 Å². The number of pyridine rings is 2. The van der Waals surface area contributed by atoms with E-state index in [0.29, 0.717) is 11.5 Å². The highest BCUT2D eigenvalue weighted by Crippen LogP contribution is 2.19. The number of aldehydes is 1. The molecule has 0 saturated carbocycles. The summed E-state index contributed by atoms with van der Waals surface area (Å²) in [5.41, 5.74) is 1.98. The maximum atomic E-state index is 11.0. The number of hydrogen-bond acceptors (Lipinski definition) is 3. The van der Waals surface area contributed by atoms with E-state index in [1.54, 1.807) is 6.20 Å². The molecule has 4 heteroatoms. The number of rotatable bonds is 2. The van der Waals surface area contributed by atoms with Crippen LogP contribution in [0, 0.1) is 0 Å². The van der Waals surface area contributed by atoms with Crippen molar-refractivity contribution in [1.82, 2.24) is 14.4 Å². The van der Waals surface area contributed by atoms with Crippen LogP contribution in [0.2, 0.25) is 0 Å². The summed E-state index contributed by atoms with van der Waals surface area (Å²) in [5.74, 6) is 0.684. The minimum absolute atomic E-state index is 0.436. The Balaban J connectivity index is 2.34. The molecule has 82 valence electrons. The van der Waals surface area contributed by atoms with E-state index in [1.165, 1.54) is 0 Å². The molecule has 3 heterocycles. The number of hydrogen-bond donors (Lipinski definition) is 0. The van der Waals surface area contributed by atoms with E-state index in [4.69, 9.17) is 0 Å². The SMILES string of the molecule is O=Cc1nc(-c2ccccn2)n2ccccc12. The number of carbonyl (C=O) groups excluding carboxylic acids is 1. The molecule has 0 atom stereocenters. The second kappa shape index (κ2) is 3.83. The van der Waals surface area contributed by atoms with Crippen LogP contribution in [0.4, 0.5) is 0 Å². The molecule has 0 N–H and O–H groups in total. The average Bonchev–Trinajstić information content (AvgIpc) is 2.78. The Morgan fingerprint density at radius 2 is 2.00 bits per heavy atom. The molecule has 0 amide bonds. The smallest absolute Gasteiger partial charge is 0.170 e. The first-order chi connectivity index (χ1) is 8.40. The minimum atomic E-state index is 0.436. The third-order valence-corrected chi connectivity index (χ3v) is 2.58. The lowest BCUT2D eigenvalue weighted by Gasteiger charge is -1.98. The Labute approximate surface area is 97.6 Å². The third-order valence-electron chi connectivity index (χ3n) is 2.58. The summed E-state index contributed by atoms with van der Waals surface area (Å²) >= 11 is 0. The molecular formula is C13H9N3O. The molecule has 0 radical (unpaired) electrons. The Morgan fingerprint density at radius 3 is 2.76 bits per heavy atom. The van der Waals surface area contributed by atoms with Crippen LogP contribution >= 0.6 is 0 Å². The summed E-state index contributed by atoms with van der Waals surface area (Å²) in [7, 11) is 0. The Morgan fingerprint density at radius 1 is 1.12 bits per heavy atom. The number of nitrogens with zero attached hydrogens (tertiary/aromatic N) is 3. The largest absolute Gasteiger partial charge is 0.298 e. The Kier molecular flexibility index (Phi) is 2.19. The molecule has 0 saturated heterocycles. The van der Waals surface area contributed by atoms with Crippen molar-refractivity contribution in [2.75, 3.05) is 0 Å². The van der Waals surface area contributed by atoms with Gasteiger partial charge in [0.2, 0.25) is 0 Å². The topological polar surface area (TPSA) is 47.3 Å². The van der Waals surface area contributed by atoms with Crippen molar-refractivity contribution >= 4 is 11.8 Å². The lowest BCUT2D eigenvalue weighted by atomic mass is 10.3. The van der Waals surface area contributed by atoms with Crippen LogP contribution in [0.25, 0.3) is 17.0 Å². The van der Waals surface area contributed by atoms with Crippen LogP contribution in [0.1, 0.15) is 10.5 Å². The van der Waals surface area contributed by atoms with Gasteiger partial charge in [0.1, 0.15) is 11.4 Å². The molecule has 0 fully saturated rings. The zero-order valence-electron chi connectivity index (χ0n) is 8.95. The lowest BCUT2D eigenvalue weighted by Crippen LogP contribution is -1.90. The molecule has 3 aromatic rings. The lowest BCUT2D eigenvalue weighted by molar-refractivity contribution is 0.112. The van der Waals surface area contributed by atoms with Gasteiger partial charge in [-0.25, -0.2) is 4.98 Å². The summed E-state index contributed by atoms with van der Waals surface area (Å²) in [5, 5.41) is 0. The second-order valence-corrected chi connectivity index (χ2v) is 3.61. The molecule has 0 unspecified atom stereocenters. The molecule has 0 aliphatic carbocycles. The molecule has 4 nitrogen and oxygen atoms in total. The van der Waals surface area contributed by atoms with Crippen LogP contribution in [0.3, 0.4) is 0 Å². The van der Waals surface area contributed by atoms with Crippen molar-refractivity contribution < 1.29 is 4.79 Å². The van der Waals surface area contributed by atoms with E-state index in [0.717, 1.165) is 17.5 Å². The van der Waals surface area contributed by atoms with Gasteiger partial charge >= 0.3 is 0 Å². The molecule has 0 spiro atoms. The fraction of sp³-hybridized carbons (Fsp3) is 0. The van der Waals surface area contributed by atoms with Crippen molar-refractivity contribution in [2.24, 2.45) is 0 Å². The fourth-order valence-corrected chi connectivity index (χ4v) is 1.82. The summed E-state index contributed by atoms with van der Waals surface area (Å²) in [6, 6.07) is 11.3. The van der Waals surface area contributed by atoms with Crippen molar-refractivity contribution in [3.63, 3.8) is 0 Å². The molecule has 0 bridgehead atoms. The normalized spacial score (nSPS) is 10.6. The van der Waals surface area contributed by atoms with Gasteiger partial charge in [-0.05, 0) is 24.3 Å². The first-order valence-corrected chi connectivity index (χ1v) is 5.24. The van der Waals surface area contributed by atoms with Gasteiger partial charge in [0.15, 0.2) is 12.1 Å². The van der Waals surface area contributed by atoms with Crippen molar-refractivity contribution in [3.05, 3.63) is 54.5 Å². The van der Waals surface area contributed by atoms with E-state index in [9.17, 15) is 4.79 Å². The van der Waals surface area contributed by atoms with Crippen molar-refractivity contribution in [1.29, 1.82) is 0 Å². The maximum absolute atomic E-state index is 11.0. The third kappa shape index (κ3) is 1.50.